The number of benzene rings is 1. The average molecular weight is 277 g/mol. The molecule has 2 nitrogen and oxygen atoms in total. The van der Waals surface area contributed by atoms with Crippen LogP contribution in [0.2, 0.25) is 0 Å². The monoisotopic (exact) mass is 277 g/mol. The molecule has 1 atom stereocenters. The van der Waals surface area contributed by atoms with Gasteiger partial charge in [-0.3, -0.25) is 9.69 Å². The second-order valence-corrected chi connectivity index (χ2v) is 6.52. The molecule has 1 aliphatic rings. The van der Waals surface area contributed by atoms with Crippen LogP contribution in [0.1, 0.15) is 35.7 Å². The molecule has 1 aromatic rings. The quantitative estimate of drug-likeness (QED) is 0.787. The first-order chi connectivity index (χ1) is 9.11. The van der Waals surface area contributed by atoms with E-state index < -0.39 is 0 Å². The Morgan fingerprint density at radius 1 is 1.26 bits per heavy atom. The summed E-state index contributed by atoms with van der Waals surface area (Å²) in [6.07, 6.45) is 4.58. The molecule has 0 amide bonds. The number of carbonyl (C=O) groups is 1. The Bertz CT molecular complexity index is 421. The summed E-state index contributed by atoms with van der Waals surface area (Å²) in [5.74, 6) is 0.252. The lowest BCUT2D eigenvalue weighted by Gasteiger charge is -2.34. The largest absolute Gasteiger partial charge is 0.293 e. The Morgan fingerprint density at radius 3 is 2.37 bits per heavy atom. The number of Topliss-reactive ketones (excluding diaryl/α,β-unsaturated/α-hetero) is 1. The Hall–Kier alpha value is -0.800. The van der Waals surface area contributed by atoms with E-state index in [0.717, 1.165) is 23.9 Å². The highest BCUT2D eigenvalue weighted by molar-refractivity contribution is 7.99. The standard InChI is InChI=1S/C16H23NOS/c1-12-4-6-14(7-5-12)16(18)13(2)17-10-8-15(19-3)9-11-17/h4-7,13,15H,8-11H2,1-3H3. The van der Waals surface area contributed by atoms with Gasteiger partial charge in [0.05, 0.1) is 6.04 Å². The van der Waals surface area contributed by atoms with Gasteiger partial charge in [-0.05, 0) is 46.0 Å². The zero-order valence-corrected chi connectivity index (χ0v) is 12.9. The summed E-state index contributed by atoms with van der Waals surface area (Å²) in [4.78, 5) is 14.8. The summed E-state index contributed by atoms with van der Waals surface area (Å²) in [6, 6.07) is 7.93. The SMILES string of the molecule is CSC1CCN(C(C)C(=O)c2ccc(C)cc2)CC1. The number of hydrogen-bond acceptors (Lipinski definition) is 3. The molecule has 1 fully saturated rings. The second kappa shape index (κ2) is 6.58. The minimum Gasteiger partial charge on any atom is -0.293 e. The predicted octanol–water partition coefficient (Wildman–Crippen LogP) is 3.39. The van der Waals surface area contributed by atoms with Crippen molar-refractivity contribution in [2.24, 2.45) is 0 Å². The number of nitrogens with zero attached hydrogens (tertiary/aromatic N) is 1. The van der Waals surface area contributed by atoms with Crippen molar-refractivity contribution in [1.29, 1.82) is 0 Å². The van der Waals surface area contributed by atoms with E-state index in [4.69, 9.17) is 0 Å². The van der Waals surface area contributed by atoms with Crippen LogP contribution < -0.4 is 0 Å². The molecule has 0 N–H and O–H groups in total. The number of rotatable bonds is 4. The van der Waals surface area contributed by atoms with Crippen LogP contribution in [0, 0.1) is 6.92 Å². The van der Waals surface area contributed by atoms with Crippen molar-refractivity contribution in [3.8, 4) is 0 Å². The lowest BCUT2D eigenvalue weighted by atomic mass is 10.0. The van der Waals surface area contributed by atoms with Crippen molar-refractivity contribution >= 4 is 17.5 Å². The summed E-state index contributed by atoms with van der Waals surface area (Å²) in [7, 11) is 0. The number of ketones is 1. The highest BCUT2D eigenvalue weighted by Gasteiger charge is 2.26. The molecule has 0 saturated carbocycles. The van der Waals surface area contributed by atoms with Gasteiger partial charge in [0.2, 0.25) is 0 Å². The van der Waals surface area contributed by atoms with Crippen LogP contribution in [0.4, 0.5) is 0 Å². The Labute approximate surface area is 120 Å². The lowest BCUT2D eigenvalue weighted by Crippen LogP contribution is -2.44. The fourth-order valence-corrected chi connectivity index (χ4v) is 3.31. The van der Waals surface area contributed by atoms with E-state index in [2.05, 4.69) is 11.2 Å². The topological polar surface area (TPSA) is 20.3 Å². The zero-order valence-electron chi connectivity index (χ0n) is 12.1. The van der Waals surface area contributed by atoms with Gasteiger partial charge in [0.25, 0.3) is 0 Å². The maximum Gasteiger partial charge on any atom is 0.179 e. The van der Waals surface area contributed by atoms with Crippen LogP contribution in [-0.4, -0.2) is 41.3 Å². The Kier molecular flexibility index (Phi) is 5.06. The summed E-state index contributed by atoms with van der Waals surface area (Å²) in [6.45, 7) is 6.18. The fourth-order valence-electron chi connectivity index (χ4n) is 2.62. The molecule has 0 aromatic heterocycles. The lowest BCUT2D eigenvalue weighted by molar-refractivity contribution is 0.0812. The van der Waals surface area contributed by atoms with Gasteiger partial charge in [-0.25, -0.2) is 0 Å². The highest BCUT2D eigenvalue weighted by atomic mass is 32.2. The molecular formula is C16H23NOS. The van der Waals surface area contributed by atoms with E-state index in [-0.39, 0.29) is 11.8 Å². The van der Waals surface area contributed by atoms with Crippen molar-refractivity contribution in [2.75, 3.05) is 19.3 Å². The van der Waals surface area contributed by atoms with E-state index in [1.165, 1.54) is 18.4 Å². The zero-order chi connectivity index (χ0) is 13.8. The second-order valence-electron chi connectivity index (χ2n) is 5.38. The number of carbonyl (C=O) groups excluding carboxylic acids is 1. The van der Waals surface area contributed by atoms with E-state index in [1.807, 2.05) is 49.9 Å². The molecule has 104 valence electrons. The molecule has 19 heavy (non-hydrogen) atoms. The Morgan fingerprint density at radius 2 is 1.84 bits per heavy atom. The molecule has 0 radical (unpaired) electrons. The van der Waals surface area contributed by atoms with E-state index in [9.17, 15) is 4.79 Å². The summed E-state index contributed by atoms with van der Waals surface area (Å²) in [5, 5.41) is 0.776. The smallest absolute Gasteiger partial charge is 0.179 e. The maximum absolute atomic E-state index is 12.5. The van der Waals surface area contributed by atoms with Crippen LogP contribution in [0.15, 0.2) is 24.3 Å². The van der Waals surface area contributed by atoms with Gasteiger partial charge in [0.15, 0.2) is 5.78 Å². The van der Waals surface area contributed by atoms with Gasteiger partial charge >= 0.3 is 0 Å². The third-order valence-electron chi connectivity index (χ3n) is 4.07. The number of thioether (sulfide) groups is 1. The van der Waals surface area contributed by atoms with E-state index >= 15 is 0 Å². The number of aryl methyl sites for hydroxylation is 1. The molecule has 1 aromatic carbocycles. The number of hydrogen-bond donors (Lipinski definition) is 0. The van der Waals surface area contributed by atoms with E-state index in [1.54, 1.807) is 0 Å². The van der Waals surface area contributed by atoms with Crippen molar-refractivity contribution in [3.05, 3.63) is 35.4 Å². The van der Waals surface area contributed by atoms with E-state index in [0.29, 0.717) is 0 Å². The van der Waals surface area contributed by atoms with Gasteiger partial charge in [-0.15, -0.1) is 0 Å². The predicted molar refractivity (Wildman–Crippen MR) is 83.1 cm³/mol. The van der Waals surface area contributed by atoms with Crippen molar-refractivity contribution in [3.63, 3.8) is 0 Å². The first-order valence-corrected chi connectivity index (χ1v) is 8.28. The Balaban J connectivity index is 1.98. The maximum atomic E-state index is 12.5. The molecule has 0 spiro atoms. The molecule has 1 saturated heterocycles. The molecule has 3 heteroatoms. The van der Waals surface area contributed by atoms with Crippen LogP contribution in [-0.2, 0) is 0 Å². The van der Waals surface area contributed by atoms with Gasteiger partial charge < -0.3 is 0 Å². The molecule has 0 aliphatic carbocycles. The minimum absolute atomic E-state index is 0.00510. The molecule has 1 heterocycles. The summed E-state index contributed by atoms with van der Waals surface area (Å²) in [5.41, 5.74) is 2.04. The third kappa shape index (κ3) is 3.61. The third-order valence-corrected chi connectivity index (χ3v) is 5.21. The first kappa shape index (κ1) is 14.6. The number of likely N-dealkylation sites (tertiary alicyclic amines) is 1. The van der Waals surface area contributed by atoms with Gasteiger partial charge in [0, 0.05) is 10.8 Å². The summed E-state index contributed by atoms with van der Waals surface area (Å²) >= 11 is 1.95. The van der Waals surface area contributed by atoms with Gasteiger partial charge in [0.1, 0.15) is 0 Å². The molecule has 2 rings (SSSR count). The highest BCUT2D eigenvalue weighted by Crippen LogP contribution is 2.23. The van der Waals surface area contributed by atoms with Crippen LogP contribution in [0.25, 0.3) is 0 Å². The van der Waals surface area contributed by atoms with Crippen molar-refractivity contribution < 1.29 is 4.79 Å². The van der Waals surface area contributed by atoms with Crippen LogP contribution in [0.3, 0.4) is 0 Å². The van der Waals surface area contributed by atoms with Crippen LogP contribution >= 0.6 is 11.8 Å². The number of piperidine rings is 1. The normalized spacial score (nSPS) is 19.3. The first-order valence-electron chi connectivity index (χ1n) is 6.99. The van der Waals surface area contributed by atoms with Crippen LogP contribution in [0.5, 0.6) is 0 Å². The van der Waals surface area contributed by atoms with Gasteiger partial charge in [-0.1, -0.05) is 29.8 Å². The summed E-state index contributed by atoms with van der Waals surface area (Å²) < 4.78 is 0. The molecular weight excluding hydrogens is 254 g/mol. The van der Waals surface area contributed by atoms with Crippen molar-refractivity contribution in [2.45, 2.75) is 38.0 Å². The molecule has 1 unspecified atom stereocenters. The average Bonchev–Trinajstić information content (AvgIpc) is 2.46. The van der Waals surface area contributed by atoms with Gasteiger partial charge in [-0.2, -0.15) is 11.8 Å². The fraction of sp³-hybridized carbons (Fsp3) is 0.562. The molecule has 0 bridgehead atoms. The molecule has 1 aliphatic heterocycles. The minimum atomic E-state index is 0.00510. The van der Waals surface area contributed by atoms with Crippen molar-refractivity contribution in [1.82, 2.24) is 4.90 Å².